The quantitative estimate of drug-likeness (QED) is 0.364. The summed E-state index contributed by atoms with van der Waals surface area (Å²) in [5.74, 6) is 0. The van der Waals surface area contributed by atoms with Gasteiger partial charge in [0.15, 0.2) is 0 Å². The third-order valence-electron chi connectivity index (χ3n) is 0. The van der Waals surface area contributed by atoms with Gasteiger partial charge in [-0.05, 0) is 0 Å². The van der Waals surface area contributed by atoms with Gasteiger partial charge in [-0.3, -0.25) is 0 Å². The van der Waals surface area contributed by atoms with Gasteiger partial charge in [0.2, 0.25) is 0 Å². The van der Waals surface area contributed by atoms with Crippen LogP contribution in [0.2, 0.25) is 0 Å². The van der Waals surface area contributed by atoms with E-state index in [1.807, 2.05) is 0 Å². The van der Waals surface area contributed by atoms with Crippen LogP contribution in [0.5, 0.6) is 0 Å². The standard InChI is InChI=1S/6BrH.H2O.Pt/h6*1H;1H2;/q;;;;;;;+6/p-6. The van der Waals surface area contributed by atoms with Crippen LogP contribution in [-0.2, 0) is 1.22 Å². The molecule has 0 fully saturated rings. The Balaban J connectivity index is 0. The normalized spacial score (nSPS) is 20.2. The van der Waals surface area contributed by atoms with Crippen molar-refractivity contribution in [2.45, 2.75) is 0 Å². The maximum atomic E-state index is 3.35. The summed E-state index contributed by atoms with van der Waals surface area (Å²) >= 11 is 20.1. The summed E-state index contributed by atoms with van der Waals surface area (Å²) in [6.07, 6.45) is 0. The second-order valence-electron chi connectivity index (χ2n) is 0.678. The molecule has 0 amide bonds. The van der Waals surface area contributed by atoms with Crippen molar-refractivity contribution >= 4 is 79.8 Å². The molecule has 8 heteroatoms. The van der Waals surface area contributed by atoms with Crippen molar-refractivity contribution in [3.63, 3.8) is 0 Å². The van der Waals surface area contributed by atoms with Crippen molar-refractivity contribution < 1.29 is 6.70 Å². The molecular formula is H2Br6OPt. The molecule has 0 rings (SSSR count). The molecule has 0 aliphatic carbocycles. The van der Waals surface area contributed by atoms with E-state index in [2.05, 4.69) is 79.8 Å². The van der Waals surface area contributed by atoms with E-state index in [0.717, 1.165) is 0 Å². The van der Waals surface area contributed by atoms with Gasteiger partial charge >= 0.3 is 81.0 Å². The molecule has 2 N–H and O–H groups in total. The Morgan fingerprint density at radius 3 is 0.625 bits per heavy atom. The van der Waals surface area contributed by atoms with Gasteiger partial charge < -0.3 is 5.48 Å². The molecule has 0 spiro atoms. The van der Waals surface area contributed by atoms with Crippen LogP contribution in [0.1, 0.15) is 0 Å². The SMILES string of the molecule is O.[Br][Pt]([Br])([Br])([Br])([Br])[Br]. The Hall–Kier alpha value is 3.53. The molecule has 60 valence electrons. The van der Waals surface area contributed by atoms with E-state index in [1.54, 1.807) is 0 Å². The molecule has 1 nitrogen and oxygen atoms in total. The first-order valence-corrected chi connectivity index (χ1v) is 30.5. The van der Waals surface area contributed by atoms with Crippen LogP contribution in [0.3, 0.4) is 0 Å². The number of hydrogen-bond donors (Lipinski definition) is 0. The second kappa shape index (κ2) is 2.78. The third-order valence-corrected chi connectivity index (χ3v) is 0. The molecule has 0 aromatic heterocycles. The molecule has 0 aliphatic heterocycles. The van der Waals surface area contributed by atoms with Crippen molar-refractivity contribution in [1.82, 2.24) is 0 Å². The minimum absolute atomic E-state index is 0. The van der Waals surface area contributed by atoms with Gasteiger partial charge in [0.1, 0.15) is 0 Å². The van der Waals surface area contributed by atoms with E-state index in [0.29, 0.717) is 0 Å². The van der Waals surface area contributed by atoms with Crippen LogP contribution in [0.4, 0.5) is 0 Å². The predicted octanol–water partition coefficient (Wildman–Crippen LogP) is 4.25. The average molecular weight is 693 g/mol. The van der Waals surface area contributed by atoms with E-state index in [1.165, 1.54) is 0 Å². The molecule has 0 aromatic rings. The molecule has 0 bridgehead atoms. The van der Waals surface area contributed by atoms with Crippen molar-refractivity contribution in [3.8, 4) is 0 Å². The van der Waals surface area contributed by atoms with E-state index in [9.17, 15) is 0 Å². The Kier molecular flexibility index (Phi) is 4.90. The van der Waals surface area contributed by atoms with Crippen molar-refractivity contribution in [2.24, 2.45) is 0 Å². The average Bonchev–Trinajstić information content (AvgIpc) is 0.592. The first-order chi connectivity index (χ1) is 2.45. The van der Waals surface area contributed by atoms with Gasteiger partial charge in [0, 0.05) is 0 Å². The van der Waals surface area contributed by atoms with Crippen molar-refractivity contribution in [2.75, 3.05) is 0 Å². The molecule has 0 aromatic carbocycles. The first-order valence-electron chi connectivity index (χ1n) is 0.717. The summed E-state index contributed by atoms with van der Waals surface area (Å²) in [5.41, 5.74) is 0. The van der Waals surface area contributed by atoms with Gasteiger partial charge in [-0.25, -0.2) is 0 Å². The third kappa shape index (κ3) is 55.7. The van der Waals surface area contributed by atoms with Gasteiger partial charge in [-0.1, -0.05) is 0 Å². The zero-order valence-corrected chi connectivity index (χ0v) is 14.9. The fourth-order valence-electron chi connectivity index (χ4n) is 0. The Bertz CT molecular complexity index is 67.1. The summed E-state index contributed by atoms with van der Waals surface area (Å²) in [4.78, 5) is 0. The van der Waals surface area contributed by atoms with E-state index >= 15 is 0 Å². The molecule has 0 atom stereocenters. The van der Waals surface area contributed by atoms with Crippen LogP contribution >= 0.6 is 79.8 Å². The Morgan fingerprint density at radius 1 is 0.625 bits per heavy atom. The topological polar surface area (TPSA) is 31.5 Å². The van der Waals surface area contributed by atoms with Crippen molar-refractivity contribution in [3.05, 3.63) is 0 Å². The maximum absolute atomic E-state index is 3.35. The number of halogens is 6. The zero-order chi connectivity index (χ0) is 6.41. The van der Waals surface area contributed by atoms with Crippen LogP contribution in [-0.4, -0.2) is 5.48 Å². The number of hydrogen-bond acceptors (Lipinski definition) is 0. The van der Waals surface area contributed by atoms with Crippen LogP contribution in [0, 0.1) is 0 Å². The summed E-state index contributed by atoms with van der Waals surface area (Å²) in [5, 5.41) is 0. The fraction of sp³-hybridized carbons (Fsp3) is 0. The van der Waals surface area contributed by atoms with Gasteiger partial charge in [-0.2, -0.15) is 0 Å². The van der Waals surface area contributed by atoms with Gasteiger partial charge in [0.25, 0.3) is 0 Å². The molecule has 0 radical (unpaired) electrons. The van der Waals surface area contributed by atoms with Crippen LogP contribution < -0.4 is 0 Å². The molecule has 0 heterocycles. The Labute approximate surface area is 84.4 Å². The molecule has 0 unspecified atom stereocenters. The summed E-state index contributed by atoms with van der Waals surface area (Å²) < 4.78 is -3.25. The van der Waals surface area contributed by atoms with E-state index < -0.39 is 1.22 Å². The second-order valence-corrected chi connectivity index (χ2v) is 150. The molecular weight excluding hydrogens is 691 g/mol. The molecule has 8 heavy (non-hydrogen) atoms. The summed E-state index contributed by atoms with van der Waals surface area (Å²) in [6, 6.07) is 0. The zero-order valence-electron chi connectivity index (χ0n) is 3.08. The monoisotopic (exact) mass is 686 g/mol. The van der Waals surface area contributed by atoms with E-state index in [-0.39, 0.29) is 5.48 Å². The minimum atomic E-state index is -3.25. The van der Waals surface area contributed by atoms with E-state index in [4.69, 9.17) is 0 Å². The van der Waals surface area contributed by atoms with Crippen LogP contribution in [0.15, 0.2) is 0 Å². The van der Waals surface area contributed by atoms with Gasteiger partial charge in [-0.15, -0.1) is 0 Å². The number of rotatable bonds is 0. The molecule has 0 saturated heterocycles. The molecule has 0 aliphatic rings. The fourth-order valence-corrected chi connectivity index (χ4v) is 0. The predicted molar refractivity (Wildman–Crippen MR) is 57.2 cm³/mol. The summed E-state index contributed by atoms with van der Waals surface area (Å²) in [7, 11) is 0. The van der Waals surface area contributed by atoms with Gasteiger partial charge in [0.05, 0.1) is 0 Å². The van der Waals surface area contributed by atoms with Crippen LogP contribution in [0.25, 0.3) is 0 Å². The van der Waals surface area contributed by atoms with Crippen molar-refractivity contribution in [1.29, 1.82) is 0 Å². The molecule has 0 saturated carbocycles. The summed E-state index contributed by atoms with van der Waals surface area (Å²) in [6.45, 7) is 0. The Morgan fingerprint density at radius 2 is 0.625 bits per heavy atom. The first kappa shape index (κ1) is 14.1.